The van der Waals surface area contributed by atoms with Crippen molar-refractivity contribution in [3.63, 3.8) is 0 Å². The smallest absolute Gasteiger partial charge is 0.295 e. The third-order valence-electron chi connectivity index (χ3n) is 3.56. The Kier molecular flexibility index (Phi) is 3.71. The van der Waals surface area contributed by atoms with Gasteiger partial charge in [0.15, 0.2) is 0 Å². The maximum atomic E-state index is 13.1. The van der Waals surface area contributed by atoms with E-state index in [0.29, 0.717) is 25.4 Å². The van der Waals surface area contributed by atoms with Gasteiger partial charge in [-0.25, -0.2) is 4.39 Å². The number of benzene rings is 1. The van der Waals surface area contributed by atoms with Crippen LogP contribution in [0.3, 0.4) is 0 Å². The highest BCUT2D eigenvalue weighted by molar-refractivity contribution is 5.63. The summed E-state index contributed by atoms with van der Waals surface area (Å²) >= 11 is 0. The average Bonchev–Trinajstić information content (AvgIpc) is 2.38. The second kappa shape index (κ2) is 5.13. The quantitative estimate of drug-likeness (QED) is 0.624. The lowest BCUT2D eigenvalue weighted by Crippen LogP contribution is -2.50. The Morgan fingerprint density at radius 1 is 1.58 bits per heavy atom. The molecule has 1 atom stereocenters. The SMILES string of the molecule is CCC1(C)CN(c2ccc(F)cc2[N+](=O)[O-])CCO1. The van der Waals surface area contributed by atoms with Gasteiger partial charge >= 0.3 is 0 Å². The molecule has 1 fully saturated rings. The van der Waals surface area contributed by atoms with Gasteiger partial charge in [-0.15, -0.1) is 0 Å². The summed E-state index contributed by atoms with van der Waals surface area (Å²) in [5.74, 6) is -0.595. The number of anilines is 1. The fraction of sp³-hybridized carbons (Fsp3) is 0.538. The minimum Gasteiger partial charge on any atom is -0.372 e. The topological polar surface area (TPSA) is 55.6 Å². The van der Waals surface area contributed by atoms with E-state index < -0.39 is 10.7 Å². The van der Waals surface area contributed by atoms with Gasteiger partial charge in [-0.05, 0) is 25.5 Å². The van der Waals surface area contributed by atoms with E-state index >= 15 is 0 Å². The van der Waals surface area contributed by atoms with E-state index in [-0.39, 0.29) is 11.3 Å². The van der Waals surface area contributed by atoms with Gasteiger partial charge in [0.2, 0.25) is 0 Å². The van der Waals surface area contributed by atoms with Crippen molar-refractivity contribution in [1.82, 2.24) is 0 Å². The molecule has 0 bridgehead atoms. The van der Waals surface area contributed by atoms with Crippen molar-refractivity contribution in [2.75, 3.05) is 24.6 Å². The molecule has 1 aliphatic heterocycles. The molecule has 6 heteroatoms. The summed E-state index contributed by atoms with van der Waals surface area (Å²) in [5, 5.41) is 11.0. The summed E-state index contributed by atoms with van der Waals surface area (Å²) in [6.45, 7) is 5.65. The molecule has 1 aromatic carbocycles. The van der Waals surface area contributed by atoms with Crippen LogP contribution in [-0.4, -0.2) is 30.2 Å². The van der Waals surface area contributed by atoms with Crippen LogP contribution >= 0.6 is 0 Å². The summed E-state index contributed by atoms with van der Waals surface area (Å²) in [6, 6.07) is 3.68. The molecule has 104 valence electrons. The van der Waals surface area contributed by atoms with Crippen molar-refractivity contribution in [2.45, 2.75) is 25.9 Å². The molecule has 0 spiro atoms. The molecule has 0 amide bonds. The predicted octanol–water partition coefficient (Wildman–Crippen LogP) is 2.74. The van der Waals surface area contributed by atoms with Crippen LogP contribution in [0.4, 0.5) is 15.8 Å². The van der Waals surface area contributed by atoms with Crippen LogP contribution in [0.1, 0.15) is 20.3 Å². The lowest BCUT2D eigenvalue weighted by molar-refractivity contribution is -0.384. The molecule has 1 aliphatic rings. The van der Waals surface area contributed by atoms with E-state index in [9.17, 15) is 14.5 Å². The Balaban J connectivity index is 2.33. The zero-order valence-corrected chi connectivity index (χ0v) is 11.1. The first-order valence-corrected chi connectivity index (χ1v) is 6.28. The molecular formula is C13H17FN2O3. The first-order valence-electron chi connectivity index (χ1n) is 6.28. The molecule has 1 unspecified atom stereocenters. The minimum absolute atomic E-state index is 0.194. The van der Waals surface area contributed by atoms with Crippen LogP contribution in [0, 0.1) is 15.9 Å². The van der Waals surface area contributed by atoms with Gasteiger partial charge in [0.25, 0.3) is 5.69 Å². The van der Waals surface area contributed by atoms with Crippen molar-refractivity contribution >= 4 is 11.4 Å². The molecule has 0 aliphatic carbocycles. The van der Waals surface area contributed by atoms with Crippen molar-refractivity contribution in [1.29, 1.82) is 0 Å². The van der Waals surface area contributed by atoms with Gasteiger partial charge < -0.3 is 9.64 Å². The van der Waals surface area contributed by atoms with Gasteiger partial charge in [0.1, 0.15) is 11.5 Å². The lowest BCUT2D eigenvalue weighted by Gasteiger charge is -2.40. The standard InChI is InChI=1S/C13H17FN2O3/c1-3-13(2)9-15(6-7-19-13)11-5-4-10(14)8-12(11)16(17)18/h4-5,8H,3,6-7,9H2,1-2H3. The van der Waals surface area contributed by atoms with Crippen LogP contribution in [0.2, 0.25) is 0 Å². The maximum absolute atomic E-state index is 13.1. The normalized spacial score (nSPS) is 23.4. The van der Waals surface area contributed by atoms with Gasteiger partial charge in [-0.2, -0.15) is 0 Å². The molecule has 0 aromatic heterocycles. The van der Waals surface area contributed by atoms with Crippen molar-refractivity contribution in [3.8, 4) is 0 Å². The van der Waals surface area contributed by atoms with Crippen LogP contribution in [0.25, 0.3) is 0 Å². The minimum atomic E-state index is -0.595. The Morgan fingerprint density at radius 2 is 2.32 bits per heavy atom. The highest BCUT2D eigenvalue weighted by Gasteiger charge is 2.33. The van der Waals surface area contributed by atoms with Crippen LogP contribution in [0.5, 0.6) is 0 Å². The number of ether oxygens (including phenoxy) is 1. The summed E-state index contributed by atoms with van der Waals surface area (Å²) in [5.41, 5.74) is -0.0599. The number of nitro benzene ring substituents is 1. The second-order valence-electron chi connectivity index (χ2n) is 4.96. The summed E-state index contributed by atoms with van der Waals surface area (Å²) < 4.78 is 18.9. The fourth-order valence-corrected chi connectivity index (χ4v) is 2.26. The van der Waals surface area contributed by atoms with Gasteiger partial charge in [0, 0.05) is 13.1 Å². The zero-order chi connectivity index (χ0) is 14.0. The number of halogens is 1. The van der Waals surface area contributed by atoms with Crippen LogP contribution < -0.4 is 4.90 Å². The van der Waals surface area contributed by atoms with E-state index in [0.717, 1.165) is 12.5 Å². The monoisotopic (exact) mass is 268 g/mol. The van der Waals surface area contributed by atoms with Crippen molar-refractivity contribution in [2.24, 2.45) is 0 Å². The Hall–Kier alpha value is -1.69. The van der Waals surface area contributed by atoms with Gasteiger partial charge in [-0.3, -0.25) is 10.1 Å². The molecule has 0 N–H and O–H groups in total. The van der Waals surface area contributed by atoms with E-state index in [1.807, 2.05) is 18.7 Å². The maximum Gasteiger partial charge on any atom is 0.295 e. The number of morpholine rings is 1. The molecule has 2 rings (SSSR count). The van der Waals surface area contributed by atoms with E-state index in [2.05, 4.69) is 0 Å². The summed E-state index contributed by atoms with van der Waals surface area (Å²) in [4.78, 5) is 12.4. The number of hydrogen-bond donors (Lipinski definition) is 0. The average molecular weight is 268 g/mol. The first kappa shape index (κ1) is 13.7. The molecular weight excluding hydrogens is 251 g/mol. The zero-order valence-electron chi connectivity index (χ0n) is 11.1. The molecule has 0 radical (unpaired) electrons. The van der Waals surface area contributed by atoms with Crippen LogP contribution in [0.15, 0.2) is 18.2 Å². The third kappa shape index (κ3) is 2.84. The lowest BCUT2D eigenvalue weighted by atomic mass is 10.0. The molecule has 1 heterocycles. The number of rotatable bonds is 3. The molecule has 19 heavy (non-hydrogen) atoms. The van der Waals surface area contributed by atoms with E-state index in [4.69, 9.17) is 4.74 Å². The van der Waals surface area contributed by atoms with Crippen LogP contribution in [-0.2, 0) is 4.74 Å². The number of nitrogens with zero attached hydrogens (tertiary/aromatic N) is 2. The molecule has 5 nitrogen and oxygen atoms in total. The highest BCUT2D eigenvalue weighted by atomic mass is 19.1. The van der Waals surface area contributed by atoms with Crippen molar-refractivity contribution < 1.29 is 14.1 Å². The van der Waals surface area contributed by atoms with Gasteiger partial charge in [-0.1, -0.05) is 6.92 Å². The Morgan fingerprint density at radius 3 is 2.95 bits per heavy atom. The number of hydrogen-bond acceptors (Lipinski definition) is 4. The Labute approximate surface area is 111 Å². The summed E-state index contributed by atoms with van der Waals surface area (Å²) in [6.07, 6.45) is 0.818. The fourth-order valence-electron chi connectivity index (χ4n) is 2.26. The predicted molar refractivity (Wildman–Crippen MR) is 69.9 cm³/mol. The molecule has 1 aromatic rings. The van der Waals surface area contributed by atoms with E-state index in [1.165, 1.54) is 12.1 Å². The third-order valence-corrected chi connectivity index (χ3v) is 3.56. The van der Waals surface area contributed by atoms with Crippen molar-refractivity contribution in [3.05, 3.63) is 34.1 Å². The second-order valence-corrected chi connectivity index (χ2v) is 4.96. The highest BCUT2D eigenvalue weighted by Crippen LogP contribution is 2.32. The molecule has 1 saturated heterocycles. The Bertz CT molecular complexity index is 495. The molecule has 0 saturated carbocycles. The van der Waals surface area contributed by atoms with Gasteiger partial charge in [0.05, 0.1) is 23.2 Å². The number of nitro groups is 1. The van der Waals surface area contributed by atoms with E-state index in [1.54, 1.807) is 0 Å². The first-order chi connectivity index (χ1) is 8.95. The largest absolute Gasteiger partial charge is 0.372 e. The summed E-state index contributed by atoms with van der Waals surface area (Å²) in [7, 11) is 0.